The van der Waals surface area contributed by atoms with Crippen molar-refractivity contribution in [3.8, 4) is 0 Å². The van der Waals surface area contributed by atoms with Crippen LogP contribution < -0.4 is 5.32 Å². The van der Waals surface area contributed by atoms with E-state index in [4.69, 9.17) is 23.2 Å². The number of rotatable bonds is 8. The molecule has 1 N–H and O–H groups in total. The van der Waals surface area contributed by atoms with Crippen molar-refractivity contribution in [2.75, 3.05) is 11.9 Å². The van der Waals surface area contributed by atoms with Crippen molar-refractivity contribution in [1.82, 2.24) is 4.31 Å². The van der Waals surface area contributed by atoms with Crippen molar-refractivity contribution in [3.05, 3.63) is 91.9 Å². The monoisotopic (exact) mass is 568 g/mol. The summed E-state index contributed by atoms with van der Waals surface area (Å²) in [5.74, 6) is -0.440. The minimum atomic E-state index is -4.00. The Morgan fingerprint density at radius 2 is 1.73 bits per heavy atom. The first-order valence-corrected chi connectivity index (χ1v) is 13.2. The largest absolute Gasteiger partial charge is 0.324 e. The lowest BCUT2D eigenvalue weighted by Crippen LogP contribution is -2.37. The van der Waals surface area contributed by atoms with E-state index in [9.17, 15) is 13.2 Å². The molecular weight excluding hydrogens is 547 g/mol. The van der Waals surface area contributed by atoms with Gasteiger partial charge in [0, 0.05) is 26.8 Å². The van der Waals surface area contributed by atoms with Gasteiger partial charge < -0.3 is 5.32 Å². The third-order valence-corrected chi connectivity index (χ3v) is 8.06. The number of nitrogens with zero attached hydrogens (tertiary/aromatic N) is 1. The SMILES string of the molecule is CCc1cccc(C)c1NC(=O)CN(Cc1ccc(Cl)cc1Cl)S(=O)(=O)c1ccc(Br)cc1. The smallest absolute Gasteiger partial charge is 0.243 e. The molecule has 0 unspecified atom stereocenters. The molecule has 0 spiro atoms. The average Bonchev–Trinajstić information content (AvgIpc) is 2.76. The summed E-state index contributed by atoms with van der Waals surface area (Å²) in [6.07, 6.45) is 0.735. The van der Waals surface area contributed by atoms with E-state index in [1.54, 1.807) is 30.3 Å². The molecule has 0 aromatic heterocycles. The molecule has 0 atom stereocenters. The Balaban J connectivity index is 1.94. The molecular formula is C24H23BrCl2N2O3S. The highest BCUT2D eigenvalue weighted by Gasteiger charge is 2.28. The van der Waals surface area contributed by atoms with Crippen molar-refractivity contribution in [2.45, 2.75) is 31.7 Å². The number of para-hydroxylation sites is 1. The fourth-order valence-corrected chi connectivity index (χ4v) is 5.47. The van der Waals surface area contributed by atoms with Gasteiger partial charge in [0.2, 0.25) is 15.9 Å². The molecule has 0 aliphatic carbocycles. The third kappa shape index (κ3) is 6.37. The molecule has 1 amide bonds. The minimum Gasteiger partial charge on any atom is -0.324 e. The summed E-state index contributed by atoms with van der Waals surface area (Å²) in [4.78, 5) is 13.1. The van der Waals surface area contributed by atoms with Gasteiger partial charge in [0.1, 0.15) is 0 Å². The van der Waals surface area contributed by atoms with E-state index in [-0.39, 0.29) is 18.0 Å². The van der Waals surface area contributed by atoms with E-state index in [0.717, 1.165) is 26.3 Å². The second-order valence-electron chi connectivity index (χ2n) is 7.47. The van der Waals surface area contributed by atoms with Gasteiger partial charge in [-0.15, -0.1) is 0 Å². The van der Waals surface area contributed by atoms with E-state index in [1.165, 1.54) is 12.1 Å². The van der Waals surface area contributed by atoms with E-state index < -0.39 is 15.9 Å². The van der Waals surface area contributed by atoms with Crippen LogP contribution in [-0.2, 0) is 27.8 Å². The second-order valence-corrected chi connectivity index (χ2v) is 11.2. The molecule has 0 saturated heterocycles. The molecule has 0 saturated carbocycles. The molecule has 3 aromatic carbocycles. The van der Waals surface area contributed by atoms with Crippen molar-refractivity contribution in [1.29, 1.82) is 0 Å². The average molecular weight is 570 g/mol. The molecule has 3 aromatic rings. The summed E-state index contributed by atoms with van der Waals surface area (Å²) in [5.41, 5.74) is 3.13. The van der Waals surface area contributed by atoms with Crippen LogP contribution >= 0.6 is 39.1 Å². The number of carbonyl (C=O) groups excluding carboxylic acids is 1. The number of nitrogens with one attached hydrogen (secondary N) is 1. The van der Waals surface area contributed by atoms with Gasteiger partial charge in [0.25, 0.3) is 0 Å². The predicted octanol–water partition coefficient (Wildman–Crippen LogP) is 6.46. The van der Waals surface area contributed by atoms with Crippen LogP contribution in [0.3, 0.4) is 0 Å². The molecule has 0 aliphatic rings. The number of sulfonamides is 1. The topological polar surface area (TPSA) is 66.5 Å². The summed E-state index contributed by atoms with van der Waals surface area (Å²) in [6.45, 7) is 3.43. The van der Waals surface area contributed by atoms with Crippen molar-refractivity contribution < 1.29 is 13.2 Å². The Hall–Kier alpha value is -1.90. The Kier molecular flexibility index (Phi) is 8.59. The number of amides is 1. The Bertz CT molecular complexity index is 1270. The van der Waals surface area contributed by atoms with Crippen LogP contribution in [0.2, 0.25) is 10.0 Å². The Morgan fingerprint density at radius 1 is 1.03 bits per heavy atom. The lowest BCUT2D eigenvalue weighted by molar-refractivity contribution is -0.116. The standard InChI is InChI=1S/C24H23BrCl2N2O3S/c1-3-17-6-4-5-16(2)24(17)28-23(30)15-29(14-18-7-10-20(26)13-22(18)27)33(31,32)21-11-8-19(25)9-12-21/h4-13H,3,14-15H2,1-2H3,(H,28,30). The summed E-state index contributed by atoms with van der Waals surface area (Å²) in [7, 11) is -4.00. The number of benzene rings is 3. The summed E-state index contributed by atoms with van der Waals surface area (Å²) < 4.78 is 28.8. The van der Waals surface area contributed by atoms with E-state index >= 15 is 0 Å². The quantitative estimate of drug-likeness (QED) is 0.339. The van der Waals surface area contributed by atoms with Crippen LogP contribution in [0, 0.1) is 6.92 Å². The number of hydrogen-bond donors (Lipinski definition) is 1. The maximum absolute atomic E-state index is 13.5. The summed E-state index contributed by atoms with van der Waals surface area (Å²) in [6, 6.07) is 16.9. The van der Waals surface area contributed by atoms with Gasteiger partial charge in [0.05, 0.1) is 11.4 Å². The molecule has 0 fully saturated rings. The Morgan fingerprint density at radius 3 is 2.36 bits per heavy atom. The number of carbonyl (C=O) groups is 1. The van der Waals surface area contributed by atoms with Gasteiger partial charge in [-0.3, -0.25) is 4.79 Å². The van der Waals surface area contributed by atoms with Crippen LogP contribution in [0.1, 0.15) is 23.6 Å². The van der Waals surface area contributed by atoms with Gasteiger partial charge in [-0.2, -0.15) is 4.31 Å². The molecule has 0 radical (unpaired) electrons. The van der Waals surface area contributed by atoms with Gasteiger partial charge in [0.15, 0.2) is 0 Å². The first-order valence-electron chi connectivity index (χ1n) is 10.2. The molecule has 0 heterocycles. The zero-order valence-electron chi connectivity index (χ0n) is 18.1. The van der Waals surface area contributed by atoms with E-state index in [0.29, 0.717) is 21.3 Å². The highest BCUT2D eigenvalue weighted by Crippen LogP contribution is 2.26. The van der Waals surface area contributed by atoms with Crippen LogP contribution in [-0.4, -0.2) is 25.2 Å². The molecule has 33 heavy (non-hydrogen) atoms. The van der Waals surface area contributed by atoms with Crippen LogP contribution in [0.5, 0.6) is 0 Å². The predicted molar refractivity (Wildman–Crippen MR) is 137 cm³/mol. The summed E-state index contributed by atoms with van der Waals surface area (Å²) in [5, 5.41) is 3.66. The highest BCUT2D eigenvalue weighted by atomic mass is 79.9. The van der Waals surface area contributed by atoms with Crippen molar-refractivity contribution in [2.24, 2.45) is 0 Å². The fourth-order valence-electron chi connectivity index (χ4n) is 3.36. The number of aryl methyl sites for hydroxylation is 2. The highest BCUT2D eigenvalue weighted by molar-refractivity contribution is 9.10. The molecule has 0 bridgehead atoms. The maximum atomic E-state index is 13.5. The molecule has 174 valence electrons. The first-order chi connectivity index (χ1) is 15.6. The van der Waals surface area contributed by atoms with Gasteiger partial charge >= 0.3 is 0 Å². The second kappa shape index (κ2) is 11.0. The zero-order valence-corrected chi connectivity index (χ0v) is 22.0. The molecule has 9 heteroatoms. The number of anilines is 1. The number of halogens is 3. The van der Waals surface area contributed by atoms with Crippen molar-refractivity contribution >= 4 is 60.7 Å². The lowest BCUT2D eigenvalue weighted by atomic mass is 10.1. The zero-order chi connectivity index (χ0) is 24.2. The molecule has 0 aliphatic heterocycles. The summed E-state index contributed by atoms with van der Waals surface area (Å²) >= 11 is 15.6. The minimum absolute atomic E-state index is 0.0775. The maximum Gasteiger partial charge on any atom is 0.243 e. The lowest BCUT2D eigenvalue weighted by Gasteiger charge is -2.23. The molecule has 3 rings (SSSR count). The van der Waals surface area contributed by atoms with Gasteiger partial charge in [-0.05, 0) is 66.4 Å². The fraction of sp³-hybridized carbons (Fsp3) is 0.208. The Labute approximate surface area is 212 Å². The van der Waals surface area contributed by atoms with E-state index in [1.807, 2.05) is 32.0 Å². The van der Waals surface area contributed by atoms with Gasteiger partial charge in [-0.1, -0.05) is 70.3 Å². The third-order valence-electron chi connectivity index (χ3n) is 5.14. The van der Waals surface area contributed by atoms with Crippen molar-refractivity contribution in [3.63, 3.8) is 0 Å². The van der Waals surface area contributed by atoms with Gasteiger partial charge in [-0.25, -0.2) is 8.42 Å². The van der Waals surface area contributed by atoms with Crippen LogP contribution in [0.15, 0.2) is 70.0 Å². The van der Waals surface area contributed by atoms with E-state index in [2.05, 4.69) is 21.2 Å². The molecule has 5 nitrogen and oxygen atoms in total. The van der Waals surface area contributed by atoms with Crippen LogP contribution in [0.25, 0.3) is 0 Å². The first kappa shape index (κ1) is 25.7. The van der Waals surface area contributed by atoms with Crippen LogP contribution in [0.4, 0.5) is 5.69 Å². The number of hydrogen-bond acceptors (Lipinski definition) is 3. The normalized spacial score (nSPS) is 11.6.